The van der Waals surface area contributed by atoms with Crippen LogP contribution in [0.2, 0.25) is 0 Å². The molecule has 3 nitrogen and oxygen atoms in total. The van der Waals surface area contributed by atoms with E-state index in [0.29, 0.717) is 24.3 Å². The van der Waals surface area contributed by atoms with Crippen LogP contribution in [0.5, 0.6) is 0 Å². The summed E-state index contributed by atoms with van der Waals surface area (Å²) < 4.78 is 0. The molecule has 1 aliphatic heterocycles. The Morgan fingerprint density at radius 3 is 2.19 bits per heavy atom. The molecule has 0 bridgehead atoms. The van der Waals surface area contributed by atoms with Gasteiger partial charge in [0.15, 0.2) is 0 Å². The van der Waals surface area contributed by atoms with Gasteiger partial charge in [0.1, 0.15) is 0 Å². The Hall–Kier alpha value is -0.570. The Kier molecular flexibility index (Phi) is 4.78. The average molecular weight is 226 g/mol. The van der Waals surface area contributed by atoms with Crippen molar-refractivity contribution in [1.82, 2.24) is 4.90 Å². The lowest BCUT2D eigenvalue weighted by atomic mass is 9.96. The maximum absolute atomic E-state index is 12.2. The van der Waals surface area contributed by atoms with Crippen LogP contribution in [0.25, 0.3) is 0 Å². The zero-order valence-corrected chi connectivity index (χ0v) is 11.1. The quantitative estimate of drug-likeness (QED) is 0.793. The minimum Gasteiger partial charge on any atom is -0.342 e. The Morgan fingerprint density at radius 1 is 1.31 bits per heavy atom. The summed E-state index contributed by atoms with van der Waals surface area (Å²) in [4.78, 5) is 14.3. The van der Waals surface area contributed by atoms with E-state index in [1.54, 1.807) is 0 Å². The van der Waals surface area contributed by atoms with Gasteiger partial charge in [-0.15, -0.1) is 0 Å². The SMILES string of the molecule is CC(C)CC(CN)C(=O)N1CC(C)C(C)C1. The molecule has 1 saturated heterocycles. The second-order valence-electron chi connectivity index (χ2n) is 5.76. The van der Waals surface area contributed by atoms with Crippen LogP contribution in [0.3, 0.4) is 0 Å². The zero-order valence-electron chi connectivity index (χ0n) is 11.1. The topological polar surface area (TPSA) is 46.3 Å². The van der Waals surface area contributed by atoms with Crippen molar-refractivity contribution in [2.75, 3.05) is 19.6 Å². The van der Waals surface area contributed by atoms with Crippen LogP contribution in [-0.2, 0) is 4.79 Å². The van der Waals surface area contributed by atoms with Crippen LogP contribution < -0.4 is 5.73 Å². The van der Waals surface area contributed by atoms with Gasteiger partial charge in [0.05, 0.1) is 5.92 Å². The van der Waals surface area contributed by atoms with Gasteiger partial charge in [-0.1, -0.05) is 27.7 Å². The fourth-order valence-corrected chi connectivity index (χ4v) is 2.43. The highest BCUT2D eigenvalue weighted by Crippen LogP contribution is 2.24. The van der Waals surface area contributed by atoms with E-state index in [1.807, 2.05) is 4.90 Å². The van der Waals surface area contributed by atoms with Crippen LogP contribution in [0.15, 0.2) is 0 Å². The maximum atomic E-state index is 12.2. The Morgan fingerprint density at radius 2 is 1.81 bits per heavy atom. The monoisotopic (exact) mass is 226 g/mol. The van der Waals surface area contributed by atoms with Gasteiger partial charge in [-0.05, 0) is 24.2 Å². The number of nitrogens with zero attached hydrogens (tertiary/aromatic N) is 1. The van der Waals surface area contributed by atoms with Crippen LogP contribution in [0, 0.1) is 23.7 Å². The molecule has 3 unspecified atom stereocenters. The van der Waals surface area contributed by atoms with Crippen molar-refractivity contribution >= 4 is 5.91 Å². The first-order valence-corrected chi connectivity index (χ1v) is 6.44. The molecular weight excluding hydrogens is 200 g/mol. The summed E-state index contributed by atoms with van der Waals surface area (Å²) in [5.74, 6) is 2.09. The van der Waals surface area contributed by atoms with Gasteiger partial charge in [0.25, 0.3) is 0 Å². The van der Waals surface area contributed by atoms with Gasteiger partial charge in [-0.3, -0.25) is 4.79 Å². The molecule has 16 heavy (non-hydrogen) atoms. The molecule has 0 radical (unpaired) electrons. The minimum atomic E-state index is 0.0255. The molecule has 0 saturated carbocycles. The minimum absolute atomic E-state index is 0.0255. The first-order valence-electron chi connectivity index (χ1n) is 6.44. The lowest BCUT2D eigenvalue weighted by molar-refractivity contribution is -0.134. The molecule has 0 aromatic heterocycles. The number of nitrogens with two attached hydrogens (primary N) is 1. The summed E-state index contributed by atoms with van der Waals surface area (Å²) in [7, 11) is 0. The van der Waals surface area contributed by atoms with E-state index < -0.39 is 0 Å². The van der Waals surface area contributed by atoms with E-state index in [4.69, 9.17) is 5.73 Å². The van der Waals surface area contributed by atoms with E-state index in [0.717, 1.165) is 19.5 Å². The van der Waals surface area contributed by atoms with Crippen LogP contribution in [0.4, 0.5) is 0 Å². The molecule has 1 fully saturated rings. The fourth-order valence-electron chi connectivity index (χ4n) is 2.43. The van der Waals surface area contributed by atoms with Crippen LogP contribution in [-0.4, -0.2) is 30.4 Å². The third-order valence-corrected chi connectivity index (χ3v) is 3.69. The van der Waals surface area contributed by atoms with Crippen molar-refractivity contribution < 1.29 is 4.79 Å². The van der Waals surface area contributed by atoms with Crippen molar-refractivity contribution in [1.29, 1.82) is 0 Å². The largest absolute Gasteiger partial charge is 0.342 e. The van der Waals surface area contributed by atoms with Crippen LogP contribution in [0.1, 0.15) is 34.1 Å². The standard InChI is InChI=1S/C13H26N2O/c1-9(2)5-12(6-14)13(16)15-7-10(3)11(4)8-15/h9-12H,5-8,14H2,1-4H3. The van der Waals surface area contributed by atoms with Gasteiger partial charge in [-0.2, -0.15) is 0 Å². The third kappa shape index (κ3) is 3.21. The number of rotatable bonds is 4. The Bertz CT molecular complexity index is 223. The van der Waals surface area contributed by atoms with E-state index in [9.17, 15) is 4.79 Å². The maximum Gasteiger partial charge on any atom is 0.226 e. The van der Waals surface area contributed by atoms with Crippen LogP contribution >= 0.6 is 0 Å². The zero-order chi connectivity index (χ0) is 12.3. The first kappa shape index (κ1) is 13.5. The fraction of sp³-hybridized carbons (Fsp3) is 0.923. The lowest BCUT2D eigenvalue weighted by Crippen LogP contribution is -2.38. The molecule has 0 aromatic rings. The molecule has 1 rings (SSSR count). The molecule has 1 aliphatic rings. The van der Waals surface area contributed by atoms with E-state index in [2.05, 4.69) is 27.7 Å². The van der Waals surface area contributed by atoms with Gasteiger partial charge < -0.3 is 10.6 Å². The van der Waals surface area contributed by atoms with E-state index in [-0.39, 0.29) is 11.8 Å². The summed E-state index contributed by atoms with van der Waals surface area (Å²) in [6.07, 6.45) is 0.911. The number of carbonyl (C=O) groups is 1. The Balaban J connectivity index is 2.55. The van der Waals surface area contributed by atoms with Crippen molar-refractivity contribution in [3.05, 3.63) is 0 Å². The molecule has 94 valence electrons. The van der Waals surface area contributed by atoms with Gasteiger partial charge in [-0.25, -0.2) is 0 Å². The summed E-state index contributed by atoms with van der Waals surface area (Å²) in [6.45, 7) is 11.0. The normalized spacial score (nSPS) is 27.5. The van der Waals surface area contributed by atoms with Gasteiger partial charge >= 0.3 is 0 Å². The van der Waals surface area contributed by atoms with Gasteiger partial charge in [0, 0.05) is 19.6 Å². The lowest BCUT2D eigenvalue weighted by Gasteiger charge is -2.23. The molecule has 3 atom stereocenters. The molecule has 0 spiro atoms. The van der Waals surface area contributed by atoms with Crippen molar-refractivity contribution in [2.24, 2.45) is 29.4 Å². The number of carbonyl (C=O) groups excluding carboxylic acids is 1. The highest BCUT2D eigenvalue weighted by atomic mass is 16.2. The Labute approximate surface area is 99.4 Å². The first-order chi connectivity index (χ1) is 7.45. The predicted molar refractivity (Wildman–Crippen MR) is 66.9 cm³/mol. The molecule has 3 heteroatoms. The van der Waals surface area contributed by atoms with Gasteiger partial charge in [0.2, 0.25) is 5.91 Å². The molecular formula is C13H26N2O. The second kappa shape index (κ2) is 5.67. The predicted octanol–water partition coefficient (Wildman–Crippen LogP) is 1.72. The molecule has 2 N–H and O–H groups in total. The highest BCUT2D eigenvalue weighted by molar-refractivity contribution is 5.79. The molecule has 1 amide bonds. The average Bonchev–Trinajstić information content (AvgIpc) is 2.54. The summed E-state index contributed by atoms with van der Waals surface area (Å²) in [5.41, 5.74) is 5.71. The van der Waals surface area contributed by atoms with E-state index in [1.165, 1.54) is 0 Å². The summed E-state index contributed by atoms with van der Waals surface area (Å²) in [6, 6.07) is 0. The number of amides is 1. The van der Waals surface area contributed by atoms with E-state index >= 15 is 0 Å². The molecule has 0 aliphatic carbocycles. The number of likely N-dealkylation sites (tertiary alicyclic amines) is 1. The highest BCUT2D eigenvalue weighted by Gasteiger charge is 2.32. The van der Waals surface area contributed by atoms with Crippen molar-refractivity contribution in [2.45, 2.75) is 34.1 Å². The molecule has 1 heterocycles. The summed E-state index contributed by atoms with van der Waals surface area (Å²) >= 11 is 0. The second-order valence-corrected chi connectivity index (χ2v) is 5.76. The third-order valence-electron chi connectivity index (χ3n) is 3.69. The smallest absolute Gasteiger partial charge is 0.226 e. The number of hydrogen-bond donors (Lipinski definition) is 1. The molecule has 0 aromatic carbocycles. The number of hydrogen-bond acceptors (Lipinski definition) is 2. The van der Waals surface area contributed by atoms with Crippen molar-refractivity contribution in [3.8, 4) is 0 Å². The van der Waals surface area contributed by atoms with Crippen molar-refractivity contribution in [3.63, 3.8) is 0 Å². The summed E-state index contributed by atoms with van der Waals surface area (Å²) in [5, 5.41) is 0.